The molecule has 34 heteroatoms. The van der Waals surface area contributed by atoms with E-state index in [4.69, 9.17) is 0 Å². The van der Waals surface area contributed by atoms with Crippen molar-refractivity contribution in [3.8, 4) is 0 Å². The van der Waals surface area contributed by atoms with E-state index in [1.807, 2.05) is 0 Å². The molecule has 34 nitrogen and oxygen atoms in total. The molecule has 3 aromatic rings. The third-order valence-corrected chi connectivity index (χ3v) is 9.03. The lowest BCUT2D eigenvalue weighted by atomic mass is 9.85. The molecular formula is C38H18O34. The summed E-state index contributed by atoms with van der Waals surface area (Å²) in [4.78, 5) is 232. The molecule has 0 atom stereocenters. The van der Waals surface area contributed by atoms with Gasteiger partial charge in [0.05, 0.1) is 114 Å². The molecule has 0 aliphatic carbocycles. The van der Waals surface area contributed by atoms with Crippen LogP contribution in [0.3, 0.4) is 0 Å². The number of rotatable bonds is 18. The summed E-state index contributed by atoms with van der Waals surface area (Å²) in [5.74, 6) is -50.5. The van der Waals surface area contributed by atoms with Gasteiger partial charge in [-0.3, -0.25) is 0 Å². The Bertz CT molecular complexity index is 3120. The Morgan fingerprint density at radius 2 is 0.292 bits per heavy atom. The van der Waals surface area contributed by atoms with Crippen molar-refractivity contribution in [1.82, 2.24) is 0 Å². The number of esters is 6. The van der Waals surface area contributed by atoms with Crippen molar-refractivity contribution in [2.24, 2.45) is 0 Å². The van der Waals surface area contributed by atoms with Gasteiger partial charge in [0.25, 0.3) is 0 Å². The van der Waals surface area contributed by atoms with Gasteiger partial charge in [0.15, 0.2) is 0 Å². The fraction of sp³-hybridized carbons (Fsp3) is 0.0526. The van der Waals surface area contributed by atoms with Crippen molar-refractivity contribution in [2.75, 3.05) is 14.2 Å². The van der Waals surface area contributed by atoms with Crippen LogP contribution in [-0.2, 0) is 18.9 Å². The average molecular weight is 1020 g/mol. The lowest BCUT2D eigenvalue weighted by Crippen LogP contribution is -2.33. The van der Waals surface area contributed by atoms with E-state index in [1.54, 1.807) is 0 Å². The summed E-state index contributed by atoms with van der Waals surface area (Å²) in [5.41, 5.74) is -41.7. The minimum atomic E-state index is -3.10. The number of hydrogen-bond donors (Lipinski definition) is 12. The third-order valence-electron chi connectivity index (χ3n) is 9.03. The number of ether oxygens (including phenoxy) is 4. The maximum atomic E-state index is 14.3. The van der Waals surface area contributed by atoms with Crippen molar-refractivity contribution < 1.29 is 167 Å². The zero-order valence-electron chi connectivity index (χ0n) is 34.3. The fourth-order valence-electron chi connectivity index (χ4n) is 6.62. The lowest BCUT2D eigenvalue weighted by molar-refractivity contribution is 0.0344. The number of carbonyl (C=O) groups excluding carboxylic acids is 6. The SMILES string of the molecule is COC(=O)c1c(C(=O)O)c(C(=O)O)c(C(=O)OC(=O)c2c(C(=O)O)c(C(=O)O)c(C(=O)O)c(C(=O)O)c2C(=O)O)c(C(=O)OC(=O)c2c(C(=O)O)c(C(=O)O)c(C(=O)O)c(C(=O)O)c2C(=O)O)c1C(=O)OC. The summed E-state index contributed by atoms with van der Waals surface area (Å²) < 4.78 is 17.3. The zero-order chi connectivity index (χ0) is 55.6. The average Bonchev–Trinajstić information content (AvgIpc) is 3.26. The van der Waals surface area contributed by atoms with Gasteiger partial charge in [-0.2, -0.15) is 0 Å². The Hall–Kier alpha value is -11.5. The highest BCUT2D eigenvalue weighted by atomic mass is 16.6. The second-order valence-electron chi connectivity index (χ2n) is 12.7. The van der Waals surface area contributed by atoms with Gasteiger partial charge < -0.3 is 80.2 Å². The van der Waals surface area contributed by atoms with Crippen molar-refractivity contribution in [2.45, 2.75) is 0 Å². The van der Waals surface area contributed by atoms with Crippen molar-refractivity contribution in [1.29, 1.82) is 0 Å². The highest BCUT2D eigenvalue weighted by Gasteiger charge is 2.47. The second kappa shape index (κ2) is 20.2. The van der Waals surface area contributed by atoms with Gasteiger partial charge in [0.2, 0.25) is 0 Å². The molecule has 0 saturated carbocycles. The molecule has 374 valence electrons. The summed E-state index contributed by atoms with van der Waals surface area (Å²) in [6, 6.07) is 0. The topological polar surface area (TPSA) is 587 Å². The van der Waals surface area contributed by atoms with E-state index in [-0.39, 0.29) is 7.11 Å². The van der Waals surface area contributed by atoms with Crippen molar-refractivity contribution in [3.63, 3.8) is 0 Å². The molecule has 0 spiro atoms. The standard InChI is InChI=1S/C38H18O34/c1-69-33(63)17-13(31(59)60)14(32(61)62)18(37(67)71-35(65)15-9(27(51)52)5(23(43)44)3(21(39)40)6(24(45)46)10(15)28(53)54)20(19(17)34(64)70-2)38(68)72-36(66)16-11(29(55)56)7(25(47)48)4(22(41)42)8(26(49)50)12(16)30(57)58/h1-2H3,(H,39,40)(H,41,42)(H,43,44)(H,45,46)(H,47,48)(H,49,50)(H,51,52)(H,53,54)(H,55,56)(H,57,58)(H,59,60)(H,61,62). The number of carbonyl (C=O) groups is 18. The Morgan fingerprint density at radius 3 is 0.431 bits per heavy atom. The van der Waals surface area contributed by atoms with Gasteiger partial charge >= 0.3 is 107 Å². The van der Waals surface area contributed by atoms with E-state index < -0.39 is 208 Å². The molecule has 12 N–H and O–H groups in total. The molecule has 0 aliphatic heterocycles. The first-order chi connectivity index (χ1) is 33.2. The smallest absolute Gasteiger partial charge is 0.347 e. The Labute approximate surface area is 388 Å². The van der Waals surface area contributed by atoms with E-state index in [0.29, 0.717) is 7.11 Å². The summed E-state index contributed by atoms with van der Waals surface area (Å²) in [5, 5.41) is 119. The molecule has 3 rings (SSSR count). The largest absolute Gasteiger partial charge is 0.478 e. The molecule has 0 saturated heterocycles. The predicted molar refractivity (Wildman–Crippen MR) is 205 cm³/mol. The molecule has 0 aliphatic rings. The van der Waals surface area contributed by atoms with Gasteiger partial charge in [0.1, 0.15) is 0 Å². The highest BCUT2D eigenvalue weighted by molar-refractivity contribution is 6.29. The summed E-state index contributed by atoms with van der Waals surface area (Å²) in [6.45, 7) is 0. The lowest BCUT2D eigenvalue weighted by Gasteiger charge is -2.21. The van der Waals surface area contributed by atoms with Gasteiger partial charge in [0, 0.05) is 0 Å². The molecule has 0 amide bonds. The van der Waals surface area contributed by atoms with Gasteiger partial charge in [-0.05, 0) is 0 Å². The van der Waals surface area contributed by atoms with Crippen LogP contribution in [0.2, 0.25) is 0 Å². The zero-order valence-corrected chi connectivity index (χ0v) is 34.3. The first-order valence-electron chi connectivity index (χ1n) is 17.4. The van der Waals surface area contributed by atoms with Crippen LogP contribution in [0.1, 0.15) is 186 Å². The number of hydrogen-bond acceptors (Lipinski definition) is 22. The fourth-order valence-corrected chi connectivity index (χ4v) is 6.62. The van der Waals surface area contributed by atoms with E-state index in [1.165, 1.54) is 0 Å². The van der Waals surface area contributed by atoms with Crippen molar-refractivity contribution in [3.05, 3.63) is 100 Å². The van der Waals surface area contributed by atoms with Crippen LogP contribution in [0.4, 0.5) is 0 Å². The summed E-state index contributed by atoms with van der Waals surface area (Å²) >= 11 is 0. The van der Waals surface area contributed by atoms with Crippen molar-refractivity contribution >= 4 is 107 Å². The van der Waals surface area contributed by atoms with Crippen LogP contribution in [-0.4, -0.2) is 183 Å². The Kier molecular flexibility index (Phi) is 15.4. The maximum absolute atomic E-state index is 14.3. The van der Waals surface area contributed by atoms with Crippen LogP contribution in [0.15, 0.2) is 0 Å². The molecule has 0 radical (unpaired) electrons. The normalized spacial score (nSPS) is 10.4. The quantitative estimate of drug-likeness (QED) is 0.0439. The molecule has 72 heavy (non-hydrogen) atoms. The molecule has 0 aromatic heterocycles. The van der Waals surface area contributed by atoms with E-state index in [2.05, 4.69) is 18.9 Å². The molecule has 0 heterocycles. The number of carboxylic acids is 12. The van der Waals surface area contributed by atoms with Crippen LogP contribution < -0.4 is 0 Å². The van der Waals surface area contributed by atoms with Crippen LogP contribution >= 0.6 is 0 Å². The van der Waals surface area contributed by atoms with Gasteiger partial charge in [-0.25, -0.2) is 86.3 Å². The molecule has 0 fully saturated rings. The highest BCUT2D eigenvalue weighted by Crippen LogP contribution is 2.36. The third kappa shape index (κ3) is 9.27. The number of methoxy groups -OCH3 is 2. The van der Waals surface area contributed by atoms with E-state index in [9.17, 15) is 148 Å². The molecule has 0 unspecified atom stereocenters. The number of carboxylic acid groups (broad SMARTS) is 12. The van der Waals surface area contributed by atoms with Gasteiger partial charge in [-0.15, -0.1) is 0 Å². The van der Waals surface area contributed by atoms with E-state index in [0.717, 1.165) is 0 Å². The first-order valence-corrected chi connectivity index (χ1v) is 17.4. The number of benzene rings is 3. The molecule has 3 aromatic carbocycles. The molecule has 0 bridgehead atoms. The van der Waals surface area contributed by atoms with Crippen LogP contribution in [0.5, 0.6) is 0 Å². The Morgan fingerprint density at radius 1 is 0.194 bits per heavy atom. The second-order valence-corrected chi connectivity index (χ2v) is 12.7. The Balaban J connectivity index is 2.81. The van der Waals surface area contributed by atoms with Crippen LogP contribution in [0, 0.1) is 0 Å². The monoisotopic (exact) mass is 1020 g/mol. The first kappa shape index (κ1) is 54.9. The number of aromatic carboxylic acids is 12. The molecular weight excluding hydrogens is 1000 g/mol. The summed E-state index contributed by atoms with van der Waals surface area (Å²) in [7, 11) is 0.619. The minimum Gasteiger partial charge on any atom is -0.478 e. The predicted octanol–water partition coefficient (Wildman–Crippen LogP) is -0.367. The maximum Gasteiger partial charge on any atom is 0.347 e. The minimum absolute atomic E-state index is 0.279. The van der Waals surface area contributed by atoms with Crippen LogP contribution in [0.25, 0.3) is 0 Å². The van der Waals surface area contributed by atoms with E-state index >= 15 is 0 Å². The van der Waals surface area contributed by atoms with Gasteiger partial charge in [-0.1, -0.05) is 0 Å². The summed E-state index contributed by atoms with van der Waals surface area (Å²) in [6.07, 6.45) is 0.